The number of hydrogen-bond donors (Lipinski definition) is 1. The van der Waals surface area contributed by atoms with Gasteiger partial charge < -0.3 is 14.7 Å². The average Bonchev–Trinajstić information content (AvgIpc) is 2.80. The maximum Gasteiger partial charge on any atom is 0.213 e. The van der Waals surface area contributed by atoms with Crippen molar-refractivity contribution in [1.29, 1.82) is 0 Å². The number of hydrogen-bond acceptors (Lipinski definition) is 6. The highest BCUT2D eigenvalue weighted by molar-refractivity contribution is 5.67. The van der Waals surface area contributed by atoms with Gasteiger partial charge in [0.15, 0.2) is 5.82 Å². The quantitative estimate of drug-likeness (QED) is 0.553. The molecule has 6 nitrogen and oxygen atoms in total. The minimum absolute atomic E-state index is 0.319. The highest BCUT2D eigenvalue weighted by Gasteiger charge is 2.17. The Labute approximate surface area is 190 Å². The Hall–Kier alpha value is -2.21. The Morgan fingerprint density at radius 1 is 0.935 bits per heavy atom. The molecule has 0 atom stereocenters. The first-order valence-corrected chi connectivity index (χ1v) is 11.8. The second-order valence-electron chi connectivity index (χ2n) is 6.85. The van der Waals surface area contributed by atoms with Crippen LogP contribution in [0.15, 0.2) is 12.1 Å². The van der Waals surface area contributed by atoms with Crippen LogP contribution in [0.5, 0.6) is 5.88 Å². The van der Waals surface area contributed by atoms with Crippen LogP contribution in [0.25, 0.3) is 11.3 Å². The van der Waals surface area contributed by atoms with Gasteiger partial charge in [0.1, 0.15) is 0 Å². The van der Waals surface area contributed by atoms with Crippen molar-refractivity contribution in [3.63, 3.8) is 0 Å². The second-order valence-corrected chi connectivity index (χ2v) is 6.85. The van der Waals surface area contributed by atoms with Gasteiger partial charge in [0.2, 0.25) is 5.88 Å². The normalized spacial score (nSPS) is 9.87. The molecule has 0 amide bonds. The molecule has 0 fully saturated rings. The number of aliphatic hydroxyl groups is 1. The number of pyridine rings is 1. The zero-order valence-corrected chi connectivity index (χ0v) is 21.2. The van der Waals surface area contributed by atoms with Gasteiger partial charge in [-0.1, -0.05) is 41.0 Å². The molecule has 0 aliphatic rings. The van der Waals surface area contributed by atoms with E-state index in [1.165, 1.54) is 0 Å². The van der Waals surface area contributed by atoms with E-state index in [-0.39, 0.29) is 0 Å². The van der Waals surface area contributed by atoms with Crippen LogP contribution in [0.2, 0.25) is 0 Å². The van der Waals surface area contributed by atoms with E-state index in [1.807, 2.05) is 40.7 Å². The Balaban J connectivity index is 0.00000134. The summed E-state index contributed by atoms with van der Waals surface area (Å²) < 4.78 is 5.54. The number of ether oxygens (including phenoxy) is 1. The van der Waals surface area contributed by atoms with E-state index in [0.29, 0.717) is 19.1 Å². The summed E-state index contributed by atoms with van der Waals surface area (Å²) in [5.41, 5.74) is 4.99. The van der Waals surface area contributed by atoms with Crippen molar-refractivity contribution in [2.45, 2.75) is 81.1 Å². The van der Waals surface area contributed by atoms with Crippen LogP contribution in [-0.2, 0) is 12.8 Å². The average molecular weight is 433 g/mol. The summed E-state index contributed by atoms with van der Waals surface area (Å²) in [5, 5.41) is 7.88. The molecule has 0 aliphatic carbocycles. The van der Waals surface area contributed by atoms with Crippen molar-refractivity contribution < 1.29 is 9.84 Å². The third kappa shape index (κ3) is 8.82. The summed E-state index contributed by atoms with van der Waals surface area (Å²) >= 11 is 0. The Kier molecular flexibility index (Phi) is 15.3. The van der Waals surface area contributed by atoms with Crippen LogP contribution in [-0.4, -0.2) is 46.9 Å². The van der Waals surface area contributed by atoms with Crippen LogP contribution < -0.4 is 9.64 Å². The van der Waals surface area contributed by atoms with E-state index in [4.69, 9.17) is 19.8 Å². The molecule has 0 spiro atoms. The molecule has 6 heteroatoms. The predicted molar refractivity (Wildman–Crippen MR) is 132 cm³/mol. The molecule has 1 N–H and O–H groups in total. The molecule has 2 heterocycles. The van der Waals surface area contributed by atoms with Gasteiger partial charge >= 0.3 is 0 Å². The fourth-order valence-corrected chi connectivity index (χ4v) is 2.87. The smallest absolute Gasteiger partial charge is 0.213 e. The fraction of sp³-hybridized carbons (Fsp3) is 0.640. The second kappa shape index (κ2) is 16.5. The molecule has 2 aromatic rings. The van der Waals surface area contributed by atoms with E-state index in [1.54, 1.807) is 0 Å². The predicted octanol–water partition coefficient (Wildman–Crippen LogP) is 5.63. The molecule has 31 heavy (non-hydrogen) atoms. The van der Waals surface area contributed by atoms with Crippen molar-refractivity contribution in [3.05, 3.63) is 29.2 Å². The van der Waals surface area contributed by atoms with Crippen molar-refractivity contribution in [3.8, 4) is 17.1 Å². The minimum Gasteiger partial charge on any atom is -0.478 e. The number of anilines is 1. The Morgan fingerprint density at radius 2 is 1.58 bits per heavy atom. The monoisotopic (exact) mass is 432 g/mol. The molecule has 0 aromatic carbocycles. The molecule has 0 saturated carbocycles. The van der Waals surface area contributed by atoms with Gasteiger partial charge in [-0.25, -0.2) is 9.97 Å². The van der Waals surface area contributed by atoms with Crippen molar-refractivity contribution in [1.82, 2.24) is 15.0 Å². The van der Waals surface area contributed by atoms with E-state index >= 15 is 0 Å². The van der Waals surface area contributed by atoms with E-state index in [9.17, 15) is 0 Å². The molecule has 176 valence electrons. The molecule has 0 aliphatic heterocycles. The summed E-state index contributed by atoms with van der Waals surface area (Å²) in [6.07, 6.45) is 3.70. The highest BCUT2D eigenvalue weighted by Crippen LogP contribution is 2.29. The van der Waals surface area contributed by atoms with E-state index in [0.717, 1.165) is 66.4 Å². The first-order valence-electron chi connectivity index (χ1n) is 11.8. The van der Waals surface area contributed by atoms with Gasteiger partial charge in [0.05, 0.1) is 29.4 Å². The van der Waals surface area contributed by atoms with E-state index < -0.39 is 0 Å². The molecule has 0 bridgehead atoms. The third-order valence-electron chi connectivity index (χ3n) is 4.50. The molecule has 0 unspecified atom stereocenters. The van der Waals surface area contributed by atoms with Crippen molar-refractivity contribution in [2.24, 2.45) is 0 Å². The SMILES string of the molecule is CC.CCCO.CCCc1nc(C)c(-c2ccc(OCC)nc2CC)nc1N(C)CC. The lowest BCUT2D eigenvalue weighted by molar-refractivity contribution is 0.295. The number of aromatic nitrogens is 3. The molecule has 0 saturated heterocycles. The number of rotatable bonds is 9. The van der Waals surface area contributed by atoms with Gasteiger partial charge in [0, 0.05) is 31.8 Å². The standard InChI is InChI=1S/C20H30N4O.C3H8O.C2H6/c1-7-11-17-20(24(6)9-3)23-19(14(5)21-17)15-12-13-18(25-10-4)22-16(15)8-2;1-2-3-4;1-2/h12-13H,7-11H2,1-6H3;4H,2-3H2,1H3;1-2H3. The van der Waals surface area contributed by atoms with Crippen LogP contribution in [0.1, 0.15) is 78.4 Å². The third-order valence-corrected chi connectivity index (χ3v) is 4.50. The fourth-order valence-electron chi connectivity index (χ4n) is 2.87. The van der Waals surface area contributed by atoms with Crippen molar-refractivity contribution >= 4 is 5.82 Å². The largest absolute Gasteiger partial charge is 0.478 e. The topological polar surface area (TPSA) is 71.4 Å². The van der Waals surface area contributed by atoms with Crippen LogP contribution in [0, 0.1) is 6.92 Å². The lowest BCUT2D eigenvalue weighted by Gasteiger charge is -2.21. The van der Waals surface area contributed by atoms with Crippen LogP contribution in [0.3, 0.4) is 0 Å². The molecular weight excluding hydrogens is 388 g/mol. The lowest BCUT2D eigenvalue weighted by atomic mass is 10.1. The number of aryl methyl sites for hydroxylation is 3. The van der Waals surface area contributed by atoms with Gasteiger partial charge in [-0.15, -0.1) is 0 Å². The van der Waals surface area contributed by atoms with Crippen LogP contribution >= 0.6 is 0 Å². The number of aliphatic hydroxyl groups excluding tert-OH is 1. The Bertz CT molecular complexity index is 749. The first kappa shape index (κ1) is 28.8. The summed E-state index contributed by atoms with van der Waals surface area (Å²) in [4.78, 5) is 16.7. The molecule has 2 aromatic heterocycles. The molecule has 0 radical (unpaired) electrons. The minimum atomic E-state index is 0.319. The maximum atomic E-state index is 7.88. The van der Waals surface area contributed by atoms with Gasteiger partial charge in [0.25, 0.3) is 0 Å². The highest BCUT2D eigenvalue weighted by atomic mass is 16.5. The van der Waals surface area contributed by atoms with Gasteiger partial charge in [-0.05, 0) is 46.1 Å². The van der Waals surface area contributed by atoms with Gasteiger partial charge in [-0.3, -0.25) is 4.98 Å². The summed E-state index contributed by atoms with van der Waals surface area (Å²) in [7, 11) is 2.07. The lowest BCUT2D eigenvalue weighted by Crippen LogP contribution is -2.21. The van der Waals surface area contributed by atoms with Gasteiger partial charge in [-0.2, -0.15) is 0 Å². The zero-order valence-electron chi connectivity index (χ0n) is 21.2. The zero-order chi connectivity index (χ0) is 23.8. The molecule has 2 rings (SSSR count). The van der Waals surface area contributed by atoms with Crippen molar-refractivity contribution in [2.75, 3.05) is 31.7 Å². The maximum absolute atomic E-state index is 7.88. The first-order chi connectivity index (χ1) is 15.0. The summed E-state index contributed by atoms with van der Waals surface area (Å²) in [6, 6.07) is 3.98. The summed E-state index contributed by atoms with van der Waals surface area (Å²) in [5.74, 6) is 1.64. The Morgan fingerprint density at radius 3 is 2.06 bits per heavy atom. The summed E-state index contributed by atoms with van der Waals surface area (Å²) in [6.45, 7) is 18.2. The van der Waals surface area contributed by atoms with Crippen LogP contribution in [0.4, 0.5) is 5.82 Å². The van der Waals surface area contributed by atoms with E-state index in [2.05, 4.69) is 43.8 Å². The number of nitrogens with zero attached hydrogens (tertiary/aromatic N) is 4. The molecular formula is C25H44N4O2.